The van der Waals surface area contributed by atoms with Crippen molar-refractivity contribution >= 4 is 22.7 Å². The number of hydrogen-bond acceptors (Lipinski definition) is 3. The molecule has 0 N–H and O–H groups in total. The van der Waals surface area contributed by atoms with Crippen LogP contribution in [0.3, 0.4) is 0 Å². The Balaban J connectivity index is 2.40. The molecular formula is C7H7ClFN3. The van der Waals surface area contributed by atoms with Crippen LogP contribution in [0.4, 0.5) is 4.39 Å². The fraction of sp³-hybridized carbons (Fsp3) is 0.429. The fourth-order valence-corrected chi connectivity index (χ4v) is 1.46. The summed E-state index contributed by atoms with van der Waals surface area (Å²) >= 11 is 5.73. The van der Waals surface area contributed by atoms with Gasteiger partial charge in [-0.1, -0.05) is 0 Å². The van der Waals surface area contributed by atoms with Crippen molar-refractivity contribution in [3.8, 4) is 0 Å². The number of fused-ring (bicyclic) bond motifs is 1. The Kier molecular flexibility index (Phi) is 1.65. The van der Waals surface area contributed by atoms with Crippen molar-refractivity contribution in [2.75, 3.05) is 6.54 Å². The number of rotatable bonds is 0. The van der Waals surface area contributed by atoms with E-state index in [0.29, 0.717) is 17.7 Å². The molecule has 5 heteroatoms. The lowest BCUT2D eigenvalue weighted by Crippen LogP contribution is -2.34. The van der Waals surface area contributed by atoms with Crippen molar-refractivity contribution in [1.82, 2.24) is 4.90 Å². The SMILES string of the molecule is CC1CN2C(Cl)=NC=C(F)C2=N1. The number of halogens is 2. The molecule has 1 atom stereocenters. The normalized spacial score (nSPS) is 27.8. The van der Waals surface area contributed by atoms with Crippen molar-refractivity contribution in [3.05, 3.63) is 12.0 Å². The van der Waals surface area contributed by atoms with Gasteiger partial charge in [-0.15, -0.1) is 0 Å². The van der Waals surface area contributed by atoms with Crippen LogP contribution >= 0.6 is 11.6 Å². The fourth-order valence-electron chi connectivity index (χ4n) is 1.26. The van der Waals surface area contributed by atoms with E-state index in [1.54, 1.807) is 4.90 Å². The van der Waals surface area contributed by atoms with Gasteiger partial charge in [0.2, 0.25) is 5.29 Å². The molecule has 0 saturated carbocycles. The lowest BCUT2D eigenvalue weighted by molar-refractivity contribution is 0.579. The molecule has 0 radical (unpaired) electrons. The van der Waals surface area contributed by atoms with E-state index in [9.17, 15) is 4.39 Å². The summed E-state index contributed by atoms with van der Waals surface area (Å²) in [7, 11) is 0. The molecule has 2 rings (SSSR count). The van der Waals surface area contributed by atoms with Crippen LogP contribution in [0, 0.1) is 0 Å². The summed E-state index contributed by atoms with van der Waals surface area (Å²) in [5, 5.41) is 0.291. The Morgan fingerprint density at radius 2 is 2.50 bits per heavy atom. The van der Waals surface area contributed by atoms with Crippen molar-refractivity contribution in [3.63, 3.8) is 0 Å². The Morgan fingerprint density at radius 3 is 3.17 bits per heavy atom. The van der Waals surface area contributed by atoms with E-state index in [4.69, 9.17) is 11.6 Å². The molecule has 1 unspecified atom stereocenters. The summed E-state index contributed by atoms with van der Waals surface area (Å²) < 4.78 is 13.0. The quantitative estimate of drug-likeness (QED) is 0.529. The van der Waals surface area contributed by atoms with Gasteiger partial charge < -0.3 is 0 Å². The summed E-state index contributed by atoms with van der Waals surface area (Å²) in [4.78, 5) is 9.33. The molecule has 2 aliphatic heterocycles. The van der Waals surface area contributed by atoms with Crippen molar-refractivity contribution in [2.24, 2.45) is 9.98 Å². The highest BCUT2D eigenvalue weighted by molar-refractivity contribution is 6.66. The third-order valence-corrected chi connectivity index (χ3v) is 2.07. The lowest BCUT2D eigenvalue weighted by atomic mass is 10.4. The molecule has 64 valence electrons. The predicted octanol–water partition coefficient (Wildman–Crippen LogP) is 1.51. The maximum atomic E-state index is 13.0. The van der Waals surface area contributed by atoms with Crippen LogP contribution in [0.1, 0.15) is 6.92 Å². The van der Waals surface area contributed by atoms with Gasteiger partial charge in [0.05, 0.1) is 12.2 Å². The van der Waals surface area contributed by atoms with Crippen LogP contribution in [-0.2, 0) is 0 Å². The molecular weight excluding hydrogens is 181 g/mol. The molecule has 0 aliphatic carbocycles. The molecule has 0 fully saturated rings. The minimum absolute atomic E-state index is 0.0844. The van der Waals surface area contributed by atoms with E-state index >= 15 is 0 Å². The first kappa shape index (κ1) is 7.73. The van der Waals surface area contributed by atoms with Crippen molar-refractivity contribution in [2.45, 2.75) is 13.0 Å². The van der Waals surface area contributed by atoms with Crippen LogP contribution < -0.4 is 0 Å². The first-order chi connectivity index (χ1) is 5.68. The van der Waals surface area contributed by atoms with E-state index in [-0.39, 0.29) is 6.04 Å². The second-order valence-electron chi connectivity index (χ2n) is 2.79. The molecule has 0 aromatic rings. The van der Waals surface area contributed by atoms with E-state index in [1.165, 1.54) is 0 Å². The Morgan fingerprint density at radius 1 is 1.75 bits per heavy atom. The molecule has 0 amide bonds. The minimum Gasteiger partial charge on any atom is -0.297 e. The molecule has 0 bridgehead atoms. The highest BCUT2D eigenvalue weighted by atomic mass is 35.5. The smallest absolute Gasteiger partial charge is 0.204 e. The number of aliphatic imine (C=N–C) groups is 2. The Hall–Kier alpha value is -0.900. The van der Waals surface area contributed by atoms with E-state index in [1.807, 2.05) is 6.92 Å². The number of amidine groups is 2. The van der Waals surface area contributed by atoms with Crippen molar-refractivity contribution in [1.29, 1.82) is 0 Å². The van der Waals surface area contributed by atoms with Crippen LogP contribution in [0.5, 0.6) is 0 Å². The second kappa shape index (κ2) is 2.55. The van der Waals surface area contributed by atoms with Gasteiger partial charge >= 0.3 is 0 Å². The molecule has 12 heavy (non-hydrogen) atoms. The van der Waals surface area contributed by atoms with Crippen LogP contribution in [-0.4, -0.2) is 28.6 Å². The third kappa shape index (κ3) is 1.03. The van der Waals surface area contributed by atoms with Gasteiger partial charge in [-0.3, -0.25) is 9.89 Å². The average Bonchev–Trinajstić information content (AvgIpc) is 2.41. The summed E-state index contributed by atoms with van der Waals surface area (Å²) in [5.74, 6) is -0.105. The standard InChI is InChI=1S/C7H7ClFN3/c1-4-3-12-6(11-4)5(9)2-10-7(12)8/h2,4H,3H2,1H3. The van der Waals surface area contributed by atoms with Gasteiger partial charge in [0, 0.05) is 6.54 Å². The van der Waals surface area contributed by atoms with Gasteiger partial charge in [0.25, 0.3) is 0 Å². The largest absolute Gasteiger partial charge is 0.297 e. The highest BCUT2D eigenvalue weighted by Crippen LogP contribution is 2.21. The van der Waals surface area contributed by atoms with Gasteiger partial charge in [-0.2, -0.15) is 0 Å². The maximum absolute atomic E-state index is 13.0. The summed E-state index contributed by atoms with van der Waals surface area (Å²) in [5.41, 5.74) is 0. The van der Waals surface area contributed by atoms with E-state index < -0.39 is 5.83 Å². The Bertz CT molecular complexity index is 308. The molecule has 2 heterocycles. The molecule has 0 aromatic heterocycles. The Labute approximate surface area is 74.2 Å². The number of nitrogens with zero attached hydrogens (tertiary/aromatic N) is 3. The molecule has 3 nitrogen and oxygen atoms in total. The van der Waals surface area contributed by atoms with E-state index in [2.05, 4.69) is 9.98 Å². The zero-order chi connectivity index (χ0) is 8.72. The van der Waals surface area contributed by atoms with Crippen molar-refractivity contribution < 1.29 is 4.39 Å². The monoisotopic (exact) mass is 187 g/mol. The first-order valence-electron chi connectivity index (χ1n) is 3.63. The zero-order valence-corrected chi connectivity index (χ0v) is 7.22. The van der Waals surface area contributed by atoms with Gasteiger partial charge in [-0.05, 0) is 18.5 Å². The number of hydrogen-bond donors (Lipinski definition) is 0. The summed E-state index contributed by atoms with van der Waals surface area (Å²) in [6, 6.07) is 0.0844. The molecule has 0 aromatic carbocycles. The average molecular weight is 188 g/mol. The predicted molar refractivity (Wildman–Crippen MR) is 46.1 cm³/mol. The molecule has 0 saturated heterocycles. The van der Waals surface area contributed by atoms with Crippen LogP contribution in [0.2, 0.25) is 0 Å². The summed E-state index contributed by atoms with van der Waals surface area (Å²) in [6.07, 6.45) is 1.09. The van der Waals surface area contributed by atoms with Crippen LogP contribution in [0.15, 0.2) is 22.0 Å². The summed E-state index contributed by atoms with van der Waals surface area (Å²) in [6.45, 7) is 2.52. The van der Waals surface area contributed by atoms with Gasteiger partial charge in [0.1, 0.15) is 0 Å². The van der Waals surface area contributed by atoms with Gasteiger partial charge in [0.15, 0.2) is 11.7 Å². The minimum atomic E-state index is -0.413. The molecule has 2 aliphatic rings. The topological polar surface area (TPSA) is 28.0 Å². The van der Waals surface area contributed by atoms with Crippen LogP contribution in [0.25, 0.3) is 0 Å². The lowest BCUT2D eigenvalue weighted by Gasteiger charge is -2.19. The van der Waals surface area contributed by atoms with Gasteiger partial charge in [-0.25, -0.2) is 9.38 Å². The third-order valence-electron chi connectivity index (χ3n) is 1.77. The highest BCUT2D eigenvalue weighted by Gasteiger charge is 2.30. The van der Waals surface area contributed by atoms with E-state index in [0.717, 1.165) is 6.20 Å². The zero-order valence-electron chi connectivity index (χ0n) is 6.46. The second-order valence-corrected chi connectivity index (χ2v) is 3.13. The first-order valence-corrected chi connectivity index (χ1v) is 4.01. The molecule has 0 spiro atoms. The maximum Gasteiger partial charge on any atom is 0.204 e.